The lowest BCUT2D eigenvalue weighted by molar-refractivity contribution is 0.457. The van der Waals surface area contributed by atoms with Gasteiger partial charge in [-0.2, -0.15) is 0 Å². The zero-order chi connectivity index (χ0) is 13.7. The van der Waals surface area contributed by atoms with Crippen molar-refractivity contribution in [3.05, 3.63) is 35.4 Å². The van der Waals surface area contributed by atoms with Gasteiger partial charge in [-0.05, 0) is 35.3 Å². The topological polar surface area (TPSA) is 0 Å². The van der Waals surface area contributed by atoms with Gasteiger partial charge in [0, 0.05) is 10.9 Å². The number of rotatable bonds is 3. The molecule has 0 amide bonds. The van der Waals surface area contributed by atoms with Crippen LogP contribution in [-0.2, 0) is 6.42 Å². The van der Waals surface area contributed by atoms with E-state index in [1.165, 1.54) is 18.2 Å². The van der Waals surface area contributed by atoms with E-state index < -0.39 is 11.6 Å². The van der Waals surface area contributed by atoms with Crippen LogP contribution in [0.25, 0.3) is 0 Å². The molecule has 2 rings (SSSR count). The first kappa shape index (κ1) is 13.8. The summed E-state index contributed by atoms with van der Waals surface area (Å²) in [4.78, 5) is 0. The first-order valence-electron chi connectivity index (χ1n) is 6.26. The summed E-state index contributed by atoms with van der Waals surface area (Å²) >= 11 is 6.39. The summed E-state index contributed by atoms with van der Waals surface area (Å²) in [7, 11) is 0. The Morgan fingerprint density at radius 1 is 1.11 bits per heavy atom. The van der Waals surface area contributed by atoms with Crippen molar-refractivity contribution in [2.24, 2.45) is 16.7 Å². The number of benzene rings is 1. The minimum absolute atomic E-state index is 0.107. The molecule has 0 N–H and O–H groups in total. The van der Waals surface area contributed by atoms with Crippen molar-refractivity contribution in [3.8, 4) is 0 Å². The summed E-state index contributed by atoms with van der Waals surface area (Å²) in [5.74, 6) is -0.723. The maximum absolute atomic E-state index is 13.6. The average molecular weight is 273 g/mol. The van der Waals surface area contributed by atoms with E-state index in [0.717, 1.165) is 0 Å². The number of alkyl halides is 1. The molecule has 1 saturated carbocycles. The van der Waals surface area contributed by atoms with Gasteiger partial charge in [-0.1, -0.05) is 33.8 Å². The van der Waals surface area contributed by atoms with Crippen molar-refractivity contribution in [2.45, 2.75) is 39.5 Å². The van der Waals surface area contributed by atoms with E-state index in [4.69, 9.17) is 11.6 Å². The van der Waals surface area contributed by atoms with Crippen LogP contribution in [-0.4, -0.2) is 5.38 Å². The molecule has 18 heavy (non-hydrogen) atoms. The molecular weight excluding hydrogens is 254 g/mol. The summed E-state index contributed by atoms with van der Waals surface area (Å²) in [5.41, 5.74) is 0.360. The molecule has 1 aliphatic rings. The van der Waals surface area contributed by atoms with Gasteiger partial charge in [-0.25, -0.2) is 8.78 Å². The predicted octanol–water partition coefficient (Wildman–Crippen LogP) is 4.80. The van der Waals surface area contributed by atoms with E-state index >= 15 is 0 Å². The minimum atomic E-state index is -0.503. The van der Waals surface area contributed by atoms with Crippen LogP contribution < -0.4 is 0 Å². The molecule has 1 aromatic carbocycles. The highest BCUT2D eigenvalue weighted by Gasteiger charge is 2.66. The Hall–Kier alpha value is -0.630. The van der Waals surface area contributed by atoms with E-state index in [1.807, 2.05) is 0 Å². The fourth-order valence-corrected chi connectivity index (χ4v) is 3.98. The molecule has 1 aliphatic carbocycles. The van der Waals surface area contributed by atoms with E-state index in [9.17, 15) is 8.78 Å². The largest absolute Gasteiger partial charge is 0.207 e. The molecule has 0 bridgehead atoms. The van der Waals surface area contributed by atoms with Crippen molar-refractivity contribution >= 4 is 11.6 Å². The van der Waals surface area contributed by atoms with Crippen LogP contribution in [0.5, 0.6) is 0 Å². The van der Waals surface area contributed by atoms with Crippen molar-refractivity contribution in [3.63, 3.8) is 0 Å². The van der Waals surface area contributed by atoms with E-state index in [-0.39, 0.29) is 34.1 Å². The Balaban J connectivity index is 2.17. The van der Waals surface area contributed by atoms with Gasteiger partial charge in [0.2, 0.25) is 0 Å². The van der Waals surface area contributed by atoms with Crippen molar-refractivity contribution in [2.75, 3.05) is 0 Å². The summed E-state index contributed by atoms with van der Waals surface area (Å²) in [6.45, 7) is 8.63. The molecule has 1 fully saturated rings. The third kappa shape index (κ3) is 1.95. The van der Waals surface area contributed by atoms with E-state index in [2.05, 4.69) is 27.7 Å². The van der Waals surface area contributed by atoms with E-state index in [1.54, 1.807) is 0 Å². The molecule has 0 aliphatic heterocycles. The maximum Gasteiger partial charge on any atom is 0.129 e. The lowest BCUT2D eigenvalue weighted by Crippen LogP contribution is -2.13. The van der Waals surface area contributed by atoms with Gasteiger partial charge in [0.05, 0.1) is 0 Å². The monoisotopic (exact) mass is 272 g/mol. The van der Waals surface area contributed by atoms with E-state index in [0.29, 0.717) is 0 Å². The maximum atomic E-state index is 13.6. The SMILES string of the molecule is CC1(C)C(C(Cl)Cc2c(F)cccc2F)C1(C)C. The highest BCUT2D eigenvalue weighted by molar-refractivity contribution is 6.21. The zero-order valence-electron chi connectivity index (χ0n) is 11.2. The van der Waals surface area contributed by atoms with Crippen LogP contribution in [0.2, 0.25) is 0 Å². The number of halogens is 3. The molecule has 0 heterocycles. The average Bonchev–Trinajstić information content (AvgIpc) is 2.63. The number of hydrogen-bond acceptors (Lipinski definition) is 0. The Morgan fingerprint density at radius 2 is 1.56 bits per heavy atom. The molecule has 0 radical (unpaired) electrons. The van der Waals surface area contributed by atoms with Gasteiger partial charge in [0.1, 0.15) is 11.6 Å². The Bertz CT molecular complexity index is 431. The molecule has 100 valence electrons. The normalized spacial score (nSPS) is 22.8. The van der Waals surface area contributed by atoms with Crippen molar-refractivity contribution in [1.82, 2.24) is 0 Å². The van der Waals surface area contributed by atoms with Gasteiger partial charge in [-0.3, -0.25) is 0 Å². The molecule has 0 saturated heterocycles. The highest BCUT2D eigenvalue weighted by atomic mass is 35.5. The Labute approximate surface area is 112 Å². The second kappa shape index (κ2) is 4.19. The Morgan fingerprint density at radius 3 is 1.94 bits per heavy atom. The molecule has 1 atom stereocenters. The first-order chi connectivity index (χ1) is 8.19. The summed E-state index contributed by atoms with van der Waals surface area (Å²) < 4.78 is 27.2. The summed E-state index contributed by atoms with van der Waals surface area (Å²) in [6.07, 6.45) is 0.248. The van der Waals surface area contributed by atoms with Crippen LogP contribution in [0.1, 0.15) is 33.3 Å². The van der Waals surface area contributed by atoms with Crippen LogP contribution in [0, 0.1) is 28.4 Å². The van der Waals surface area contributed by atoms with Crippen LogP contribution >= 0.6 is 11.6 Å². The van der Waals surface area contributed by atoms with Crippen LogP contribution in [0.3, 0.4) is 0 Å². The highest BCUT2D eigenvalue weighted by Crippen LogP contribution is 2.70. The zero-order valence-corrected chi connectivity index (χ0v) is 12.0. The summed E-state index contributed by atoms with van der Waals surface area (Å²) in [6, 6.07) is 3.94. The minimum Gasteiger partial charge on any atom is -0.207 e. The fraction of sp³-hybridized carbons (Fsp3) is 0.600. The molecule has 1 unspecified atom stereocenters. The third-order valence-corrected chi connectivity index (χ3v) is 5.36. The molecule has 1 aromatic rings. The standard InChI is InChI=1S/C15H19ClF2/c1-14(2)13(15(14,3)4)10(16)8-9-11(17)6-5-7-12(9)18/h5-7,10,13H,8H2,1-4H3. The van der Waals surface area contributed by atoms with Gasteiger partial charge in [-0.15, -0.1) is 11.6 Å². The van der Waals surface area contributed by atoms with Crippen LogP contribution in [0.4, 0.5) is 8.78 Å². The lowest BCUT2D eigenvalue weighted by atomic mass is 10.0. The second-order valence-electron chi connectivity index (χ2n) is 6.34. The molecular formula is C15H19ClF2. The smallest absolute Gasteiger partial charge is 0.129 e. The van der Waals surface area contributed by atoms with Crippen molar-refractivity contribution < 1.29 is 8.78 Å². The summed E-state index contributed by atoms with van der Waals surface area (Å²) in [5, 5.41) is -0.235. The van der Waals surface area contributed by atoms with Gasteiger partial charge >= 0.3 is 0 Å². The molecule has 3 heteroatoms. The van der Waals surface area contributed by atoms with Crippen molar-refractivity contribution in [1.29, 1.82) is 0 Å². The third-order valence-electron chi connectivity index (χ3n) is 4.95. The van der Waals surface area contributed by atoms with Crippen LogP contribution in [0.15, 0.2) is 18.2 Å². The first-order valence-corrected chi connectivity index (χ1v) is 6.70. The van der Waals surface area contributed by atoms with Gasteiger partial charge < -0.3 is 0 Å². The second-order valence-corrected chi connectivity index (χ2v) is 6.90. The predicted molar refractivity (Wildman–Crippen MR) is 70.8 cm³/mol. The van der Waals surface area contributed by atoms with Gasteiger partial charge in [0.15, 0.2) is 0 Å². The molecule has 0 aromatic heterocycles. The number of hydrogen-bond donors (Lipinski definition) is 0. The van der Waals surface area contributed by atoms with Gasteiger partial charge in [0.25, 0.3) is 0 Å². The quantitative estimate of drug-likeness (QED) is 0.694. The molecule has 0 spiro atoms. The molecule has 0 nitrogen and oxygen atoms in total. The lowest BCUT2D eigenvalue weighted by Gasteiger charge is -2.13. The fourth-order valence-electron chi connectivity index (χ4n) is 3.19. The Kier molecular flexibility index (Phi) is 3.21.